The lowest BCUT2D eigenvalue weighted by Gasteiger charge is -2.34. The number of nitrogens with zero attached hydrogens (tertiary/aromatic N) is 2. The van der Waals surface area contributed by atoms with Gasteiger partial charge in [-0.2, -0.15) is 10.2 Å². The molecule has 0 saturated heterocycles. The number of rotatable bonds is 1. The van der Waals surface area contributed by atoms with E-state index in [0.29, 0.717) is 12.3 Å². The van der Waals surface area contributed by atoms with Crippen molar-refractivity contribution in [3.05, 3.63) is 77.9 Å². The molecule has 0 bridgehead atoms. The molecule has 5 rings (SSSR count). The summed E-state index contributed by atoms with van der Waals surface area (Å²) in [5.41, 5.74) is 1.17. The van der Waals surface area contributed by atoms with Crippen molar-refractivity contribution in [2.75, 3.05) is 12.3 Å². The number of ketones is 1. The van der Waals surface area contributed by atoms with E-state index in [1.807, 2.05) is 36.4 Å². The molecule has 0 radical (unpaired) electrons. The molecule has 3 aromatic rings. The fourth-order valence-corrected chi connectivity index (χ4v) is 5.13. The second-order valence-corrected chi connectivity index (χ2v) is 7.64. The SMILES string of the molecule is O=C1c2ccccc2SCC12N=NC[C@H]2c1ccc2ccccc2c1. The average molecular weight is 344 g/mol. The second-order valence-electron chi connectivity index (χ2n) is 6.62. The Labute approximate surface area is 150 Å². The number of azo groups is 1. The molecule has 2 aliphatic heterocycles. The Balaban J connectivity index is 1.61. The smallest absolute Gasteiger partial charge is 0.194 e. The zero-order valence-corrected chi connectivity index (χ0v) is 14.4. The molecular formula is C21H16N2OS. The van der Waals surface area contributed by atoms with Gasteiger partial charge in [-0.15, -0.1) is 11.8 Å². The molecule has 0 fully saturated rings. The summed E-state index contributed by atoms with van der Waals surface area (Å²) in [4.78, 5) is 14.4. The van der Waals surface area contributed by atoms with Crippen molar-refractivity contribution in [3.63, 3.8) is 0 Å². The molecule has 0 aliphatic carbocycles. The number of Topliss-reactive ketones (excluding diaryl/α,β-unsaturated/α-hetero) is 1. The van der Waals surface area contributed by atoms with Crippen LogP contribution in [0.2, 0.25) is 0 Å². The van der Waals surface area contributed by atoms with Crippen molar-refractivity contribution in [2.24, 2.45) is 10.2 Å². The van der Waals surface area contributed by atoms with Crippen LogP contribution in [0.4, 0.5) is 0 Å². The summed E-state index contributed by atoms with van der Waals surface area (Å²) in [6, 6.07) is 22.6. The van der Waals surface area contributed by atoms with Gasteiger partial charge in [0.2, 0.25) is 0 Å². The molecule has 1 unspecified atom stereocenters. The maximum absolute atomic E-state index is 13.3. The largest absolute Gasteiger partial charge is 0.291 e. The molecule has 1 spiro atoms. The van der Waals surface area contributed by atoms with Gasteiger partial charge in [0.15, 0.2) is 11.3 Å². The van der Waals surface area contributed by atoms with E-state index in [2.05, 4.69) is 40.6 Å². The lowest BCUT2D eigenvalue weighted by atomic mass is 9.76. The monoisotopic (exact) mass is 344 g/mol. The number of benzene rings is 3. The third-order valence-corrected chi connectivity index (χ3v) is 6.49. The van der Waals surface area contributed by atoms with Crippen LogP contribution in [0.25, 0.3) is 10.8 Å². The van der Waals surface area contributed by atoms with Gasteiger partial charge in [0.1, 0.15) is 0 Å². The third-order valence-electron chi connectivity index (χ3n) is 5.24. The third kappa shape index (κ3) is 2.17. The van der Waals surface area contributed by atoms with Crippen LogP contribution in [0.1, 0.15) is 21.8 Å². The van der Waals surface area contributed by atoms with Crippen molar-refractivity contribution in [3.8, 4) is 0 Å². The van der Waals surface area contributed by atoms with E-state index in [4.69, 9.17) is 0 Å². The van der Waals surface area contributed by atoms with E-state index in [9.17, 15) is 4.79 Å². The minimum atomic E-state index is -0.762. The molecule has 2 atom stereocenters. The highest BCUT2D eigenvalue weighted by atomic mass is 32.2. The molecule has 25 heavy (non-hydrogen) atoms. The average Bonchev–Trinajstić information content (AvgIpc) is 3.09. The van der Waals surface area contributed by atoms with Gasteiger partial charge in [-0.1, -0.05) is 60.7 Å². The number of thioether (sulfide) groups is 1. The van der Waals surface area contributed by atoms with Crippen molar-refractivity contribution < 1.29 is 4.79 Å². The highest BCUT2D eigenvalue weighted by Crippen LogP contribution is 2.47. The van der Waals surface area contributed by atoms with Crippen LogP contribution in [0.5, 0.6) is 0 Å². The zero-order chi connectivity index (χ0) is 16.9. The lowest BCUT2D eigenvalue weighted by Crippen LogP contribution is -2.46. The summed E-state index contributed by atoms with van der Waals surface area (Å²) >= 11 is 1.72. The maximum Gasteiger partial charge on any atom is 0.194 e. The number of fused-ring (bicyclic) bond motifs is 2. The topological polar surface area (TPSA) is 41.8 Å². The molecule has 0 aromatic heterocycles. The first-order valence-corrected chi connectivity index (χ1v) is 9.40. The number of hydrogen-bond donors (Lipinski definition) is 0. The van der Waals surface area contributed by atoms with Crippen molar-refractivity contribution in [2.45, 2.75) is 16.4 Å². The zero-order valence-electron chi connectivity index (χ0n) is 13.6. The first-order chi connectivity index (χ1) is 12.3. The molecule has 4 heteroatoms. The molecule has 0 saturated carbocycles. The van der Waals surface area contributed by atoms with Crippen LogP contribution in [0.3, 0.4) is 0 Å². The normalized spacial score (nSPS) is 24.8. The summed E-state index contributed by atoms with van der Waals surface area (Å²) in [7, 11) is 0. The minimum absolute atomic E-state index is 0.00506. The van der Waals surface area contributed by atoms with Crippen LogP contribution in [-0.2, 0) is 0 Å². The highest BCUT2D eigenvalue weighted by Gasteiger charge is 2.52. The summed E-state index contributed by atoms with van der Waals surface area (Å²) in [5.74, 6) is 0.774. The van der Waals surface area contributed by atoms with Crippen molar-refractivity contribution in [1.29, 1.82) is 0 Å². The fourth-order valence-electron chi connectivity index (χ4n) is 3.87. The first kappa shape index (κ1) is 14.8. The molecule has 3 aromatic carbocycles. The van der Waals surface area contributed by atoms with Crippen LogP contribution in [0, 0.1) is 0 Å². The van der Waals surface area contributed by atoms with Gasteiger partial charge in [0.05, 0.1) is 6.54 Å². The van der Waals surface area contributed by atoms with E-state index >= 15 is 0 Å². The van der Waals surface area contributed by atoms with Crippen LogP contribution in [0.15, 0.2) is 81.9 Å². The molecular weight excluding hydrogens is 328 g/mol. The number of carbonyl (C=O) groups is 1. The predicted octanol–water partition coefficient (Wildman–Crippen LogP) is 5.12. The van der Waals surface area contributed by atoms with Crippen LogP contribution in [-0.4, -0.2) is 23.6 Å². The van der Waals surface area contributed by atoms with E-state index in [-0.39, 0.29) is 11.7 Å². The van der Waals surface area contributed by atoms with Crippen LogP contribution < -0.4 is 0 Å². The van der Waals surface area contributed by atoms with Gasteiger partial charge < -0.3 is 0 Å². The molecule has 0 N–H and O–H groups in total. The summed E-state index contributed by atoms with van der Waals surface area (Å²) in [6.45, 7) is 0.576. The second kappa shape index (κ2) is 5.53. The van der Waals surface area contributed by atoms with Crippen molar-refractivity contribution >= 4 is 28.3 Å². The van der Waals surface area contributed by atoms with Gasteiger partial charge in [-0.05, 0) is 22.4 Å². The Kier molecular flexibility index (Phi) is 3.28. The number of hydrogen-bond acceptors (Lipinski definition) is 4. The molecule has 3 nitrogen and oxygen atoms in total. The van der Waals surface area contributed by atoms with Crippen LogP contribution >= 0.6 is 11.8 Å². The Morgan fingerprint density at radius 2 is 1.76 bits per heavy atom. The highest BCUT2D eigenvalue weighted by molar-refractivity contribution is 7.99. The standard InChI is InChI=1S/C21H16N2OS/c24-20-17-7-3-4-8-19(17)25-13-21(20)18(12-22-23-21)16-10-9-14-5-1-2-6-15(14)11-16/h1-11,18H,12-13H2/t18-,21?/m0/s1. The molecule has 122 valence electrons. The fraction of sp³-hybridized carbons (Fsp3) is 0.190. The van der Waals surface area contributed by atoms with Gasteiger partial charge in [0.25, 0.3) is 0 Å². The predicted molar refractivity (Wildman–Crippen MR) is 101 cm³/mol. The number of carbonyl (C=O) groups excluding carboxylic acids is 1. The Bertz CT molecular complexity index is 1030. The van der Waals surface area contributed by atoms with Gasteiger partial charge in [-0.25, -0.2) is 0 Å². The summed E-state index contributed by atoms with van der Waals surface area (Å²) in [5, 5.41) is 11.2. The quantitative estimate of drug-likeness (QED) is 0.615. The van der Waals surface area contributed by atoms with E-state index in [1.54, 1.807) is 11.8 Å². The van der Waals surface area contributed by atoms with Gasteiger partial charge in [-0.3, -0.25) is 4.79 Å². The summed E-state index contributed by atoms with van der Waals surface area (Å²) < 4.78 is 0. The van der Waals surface area contributed by atoms with E-state index in [1.165, 1.54) is 10.8 Å². The summed E-state index contributed by atoms with van der Waals surface area (Å²) in [6.07, 6.45) is 0. The molecule has 2 heterocycles. The Morgan fingerprint density at radius 3 is 2.68 bits per heavy atom. The minimum Gasteiger partial charge on any atom is -0.291 e. The Morgan fingerprint density at radius 1 is 0.960 bits per heavy atom. The maximum atomic E-state index is 13.3. The van der Waals surface area contributed by atoms with Gasteiger partial charge in [0, 0.05) is 22.1 Å². The van der Waals surface area contributed by atoms with E-state index in [0.717, 1.165) is 16.0 Å². The van der Waals surface area contributed by atoms with Gasteiger partial charge >= 0.3 is 0 Å². The molecule has 2 aliphatic rings. The van der Waals surface area contributed by atoms with Crippen molar-refractivity contribution in [1.82, 2.24) is 0 Å². The molecule has 0 amide bonds. The van der Waals surface area contributed by atoms with E-state index < -0.39 is 5.54 Å². The first-order valence-electron chi connectivity index (χ1n) is 8.42. The lowest BCUT2D eigenvalue weighted by molar-refractivity contribution is 0.0888. The Hall–Kier alpha value is -2.46.